The molecule has 1 saturated carbocycles. The maximum Gasteiger partial charge on any atom is 0.229 e. The molecule has 0 aromatic carbocycles. The van der Waals surface area contributed by atoms with Crippen LogP contribution in [0.3, 0.4) is 0 Å². The fourth-order valence-corrected chi connectivity index (χ4v) is 2.59. The highest BCUT2D eigenvalue weighted by atomic mass is 32.1. The van der Waals surface area contributed by atoms with Gasteiger partial charge in [0, 0.05) is 17.8 Å². The summed E-state index contributed by atoms with van der Waals surface area (Å²) < 4.78 is 5.30. The number of nitrogens with zero attached hydrogens (tertiary/aromatic N) is 4. The second-order valence-electron chi connectivity index (χ2n) is 4.83. The molecule has 1 aliphatic carbocycles. The Balaban J connectivity index is 1.56. The van der Waals surface area contributed by atoms with Gasteiger partial charge in [0.05, 0.1) is 17.7 Å². The second-order valence-corrected chi connectivity index (χ2v) is 5.55. The van der Waals surface area contributed by atoms with Crippen LogP contribution in [0.5, 0.6) is 0 Å². The topological polar surface area (TPSA) is 55.1 Å². The smallest absolute Gasteiger partial charge is 0.229 e. The summed E-state index contributed by atoms with van der Waals surface area (Å²) in [4.78, 5) is 10.9. The van der Waals surface area contributed by atoms with Gasteiger partial charge in [-0.15, -0.1) is 11.3 Å². The van der Waals surface area contributed by atoms with Crippen LogP contribution in [0.1, 0.15) is 42.6 Å². The molecule has 0 aliphatic heterocycles. The fourth-order valence-electron chi connectivity index (χ4n) is 2.04. The number of hydrogen-bond donors (Lipinski definition) is 0. The van der Waals surface area contributed by atoms with E-state index in [1.165, 1.54) is 19.3 Å². The maximum absolute atomic E-state index is 5.30. The molecule has 96 valence electrons. The van der Waals surface area contributed by atoms with E-state index in [1.54, 1.807) is 11.3 Å². The lowest BCUT2D eigenvalue weighted by Crippen LogP contribution is -2.18. The molecular weight excluding hydrogens is 248 g/mol. The van der Waals surface area contributed by atoms with Crippen molar-refractivity contribution in [3.8, 4) is 0 Å². The molecule has 0 spiro atoms. The van der Waals surface area contributed by atoms with Gasteiger partial charge in [-0.25, -0.2) is 4.98 Å². The molecule has 0 atom stereocenters. The van der Waals surface area contributed by atoms with Gasteiger partial charge in [-0.05, 0) is 19.9 Å². The Hall–Kier alpha value is -1.27. The van der Waals surface area contributed by atoms with E-state index in [0.717, 1.165) is 24.0 Å². The lowest BCUT2D eigenvalue weighted by Gasteiger charge is -2.20. The average Bonchev–Trinajstić information content (AvgIpc) is 2.88. The molecule has 0 radical (unpaired) electrons. The summed E-state index contributed by atoms with van der Waals surface area (Å²) in [7, 11) is 2.04. The minimum Gasteiger partial charge on any atom is -0.339 e. The lowest BCUT2D eigenvalue weighted by atomic mass is 9.85. The Bertz CT molecular complexity index is 492. The largest absolute Gasteiger partial charge is 0.339 e. The molecule has 2 heterocycles. The Kier molecular flexibility index (Phi) is 3.38. The van der Waals surface area contributed by atoms with E-state index < -0.39 is 0 Å². The summed E-state index contributed by atoms with van der Waals surface area (Å²) in [5.41, 5.74) is 2.94. The van der Waals surface area contributed by atoms with Crippen molar-refractivity contribution in [1.82, 2.24) is 20.0 Å². The summed E-state index contributed by atoms with van der Waals surface area (Å²) in [6.45, 7) is 1.52. The van der Waals surface area contributed by atoms with Gasteiger partial charge < -0.3 is 4.52 Å². The zero-order chi connectivity index (χ0) is 12.4. The van der Waals surface area contributed by atoms with Crippen LogP contribution in [0, 0.1) is 0 Å². The van der Waals surface area contributed by atoms with Crippen LogP contribution >= 0.6 is 11.3 Å². The van der Waals surface area contributed by atoms with E-state index in [1.807, 2.05) is 12.6 Å². The van der Waals surface area contributed by atoms with Crippen molar-refractivity contribution in [3.63, 3.8) is 0 Å². The highest BCUT2D eigenvalue weighted by Crippen LogP contribution is 2.35. The van der Waals surface area contributed by atoms with Crippen LogP contribution in [0.25, 0.3) is 0 Å². The van der Waals surface area contributed by atoms with E-state index in [2.05, 4.69) is 25.4 Å². The van der Waals surface area contributed by atoms with Gasteiger partial charge >= 0.3 is 0 Å². The monoisotopic (exact) mass is 264 g/mol. The number of thiazole rings is 1. The maximum atomic E-state index is 5.30. The van der Waals surface area contributed by atoms with E-state index in [-0.39, 0.29) is 0 Å². The van der Waals surface area contributed by atoms with Crippen LogP contribution in [0.15, 0.2) is 15.4 Å². The first-order valence-electron chi connectivity index (χ1n) is 6.19. The van der Waals surface area contributed by atoms with Crippen LogP contribution in [0.2, 0.25) is 0 Å². The summed E-state index contributed by atoms with van der Waals surface area (Å²) in [6.07, 6.45) is 3.67. The molecule has 0 amide bonds. The first-order valence-corrected chi connectivity index (χ1v) is 7.13. The molecule has 6 heteroatoms. The SMILES string of the molecule is CN(Cc1cscn1)Cc1noc(C2CCC2)n1. The Morgan fingerprint density at radius 2 is 2.33 bits per heavy atom. The van der Waals surface area contributed by atoms with Crippen molar-refractivity contribution in [2.75, 3.05) is 7.05 Å². The Morgan fingerprint density at radius 1 is 1.44 bits per heavy atom. The van der Waals surface area contributed by atoms with Gasteiger partial charge in [-0.3, -0.25) is 4.90 Å². The molecule has 1 aliphatic rings. The second kappa shape index (κ2) is 5.16. The van der Waals surface area contributed by atoms with E-state index >= 15 is 0 Å². The molecular formula is C12H16N4OS. The van der Waals surface area contributed by atoms with Gasteiger partial charge in [0.2, 0.25) is 5.89 Å². The van der Waals surface area contributed by atoms with Crippen LogP contribution in [0.4, 0.5) is 0 Å². The molecule has 2 aromatic heterocycles. The minimum absolute atomic E-state index is 0.509. The highest BCUT2D eigenvalue weighted by Gasteiger charge is 2.25. The quantitative estimate of drug-likeness (QED) is 0.830. The molecule has 5 nitrogen and oxygen atoms in total. The third-order valence-electron chi connectivity index (χ3n) is 3.26. The van der Waals surface area contributed by atoms with E-state index in [0.29, 0.717) is 12.5 Å². The van der Waals surface area contributed by atoms with Crippen molar-refractivity contribution >= 4 is 11.3 Å². The summed E-state index contributed by atoms with van der Waals surface area (Å²) in [5, 5.41) is 6.10. The highest BCUT2D eigenvalue weighted by molar-refractivity contribution is 7.07. The zero-order valence-corrected chi connectivity index (χ0v) is 11.2. The van der Waals surface area contributed by atoms with Crippen LogP contribution in [-0.2, 0) is 13.1 Å². The van der Waals surface area contributed by atoms with Crippen molar-refractivity contribution in [2.24, 2.45) is 0 Å². The predicted molar refractivity (Wildman–Crippen MR) is 68.2 cm³/mol. The molecule has 0 saturated heterocycles. The average molecular weight is 264 g/mol. The van der Waals surface area contributed by atoms with Gasteiger partial charge in [0.15, 0.2) is 5.82 Å². The predicted octanol–water partition coefficient (Wildman–Crippen LogP) is 2.43. The van der Waals surface area contributed by atoms with E-state index in [9.17, 15) is 0 Å². The van der Waals surface area contributed by atoms with Crippen LogP contribution < -0.4 is 0 Å². The van der Waals surface area contributed by atoms with E-state index in [4.69, 9.17) is 4.52 Å². The van der Waals surface area contributed by atoms with Crippen LogP contribution in [-0.4, -0.2) is 27.1 Å². The zero-order valence-electron chi connectivity index (χ0n) is 10.4. The third kappa shape index (κ3) is 2.59. The minimum atomic E-state index is 0.509. The molecule has 0 N–H and O–H groups in total. The number of hydrogen-bond acceptors (Lipinski definition) is 6. The molecule has 18 heavy (non-hydrogen) atoms. The van der Waals surface area contributed by atoms with Crippen molar-refractivity contribution < 1.29 is 4.52 Å². The molecule has 1 fully saturated rings. The van der Waals surface area contributed by atoms with Gasteiger partial charge in [-0.2, -0.15) is 4.98 Å². The van der Waals surface area contributed by atoms with Crippen molar-refractivity contribution in [1.29, 1.82) is 0 Å². The first-order chi connectivity index (χ1) is 8.81. The summed E-state index contributed by atoms with van der Waals surface area (Å²) in [6, 6.07) is 0. The normalized spacial score (nSPS) is 16.1. The molecule has 2 aromatic rings. The fraction of sp³-hybridized carbons (Fsp3) is 0.583. The Labute approximate surface area is 110 Å². The molecule has 0 bridgehead atoms. The van der Waals surface area contributed by atoms with Crippen molar-refractivity contribution in [2.45, 2.75) is 38.3 Å². The lowest BCUT2D eigenvalue weighted by molar-refractivity contribution is 0.280. The molecule has 0 unspecified atom stereocenters. The standard InChI is InChI=1S/C12H16N4OS/c1-16(5-10-7-18-8-13-10)6-11-14-12(17-15-11)9-3-2-4-9/h7-9H,2-6H2,1H3. The van der Waals surface area contributed by atoms with Gasteiger partial charge in [0.25, 0.3) is 0 Å². The van der Waals surface area contributed by atoms with Gasteiger partial charge in [0.1, 0.15) is 0 Å². The Morgan fingerprint density at radius 3 is 3.00 bits per heavy atom. The van der Waals surface area contributed by atoms with Gasteiger partial charge in [-0.1, -0.05) is 11.6 Å². The third-order valence-corrected chi connectivity index (χ3v) is 3.90. The molecule has 3 rings (SSSR count). The summed E-state index contributed by atoms with van der Waals surface area (Å²) >= 11 is 1.62. The van der Waals surface area contributed by atoms with Crippen molar-refractivity contribution in [3.05, 3.63) is 28.3 Å². The summed E-state index contributed by atoms with van der Waals surface area (Å²) in [5.74, 6) is 2.10. The first kappa shape index (κ1) is 11.8. The number of aromatic nitrogens is 3. The number of rotatable bonds is 5.